The van der Waals surface area contributed by atoms with Crippen LogP contribution in [0.3, 0.4) is 0 Å². The van der Waals surface area contributed by atoms with E-state index in [0.717, 1.165) is 61.2 Å². The highest BCUT2D eigenvalue weighted by atomic mass is 19.1. The average Bonchev–Trinajstić information content (AvgIpc) is 3.27. The van der Waals surface area contributed by atoms with Crippen molar-refractivity contribution in [2.75, 3.05) is 13.2 Å². The highest BCUT2D eigenvalue weighted by molar-refractivity contribution is 5.76. The Morgan fingerprint density at radius 2 is 1.71 bits per heavy atom. The summed E-state index contributed by atoms with van der Waals surface area (Å²) < 4.78 is 22.4. The van der Waals surface area contributed by atoms with Crippen molar-refractivity contribution in [2.24, 2.45) is 14.1 Å². The highest BCUT2D eigenvalue weighted by Crippen LogP contribution is 2.20. The van der Waals surface area contributed by atoms with Crippen LogP contribution in [-0.2, 0) is 31.9 Å². The number of ether oxygens (including phenoxy) is 1. The maximum atomic E-state index is 13.3. The van der Waals surface area contributed by atoms with Crippen LogP contribution < -0.4 is 5.69 Å². The zero-order valence-corrected chi connectivity index (χ0v) is 16.4. The predicted molar refractivity (Wildman–Crippen MR) is 108 cm³/mol. The quantitative estimate of drug-likeness (QED) is 0.656. The van der Waals surface area contributed by atoms with Gasteiger partial charge in [0.25, 0.3) is 0 Å². The molecular formula is C22H26FN3O2. The first kappa shape index (κ1) is 18.9. The van der Waals surface area contributed by atoms with Crippen LogP contribution in [0.1, 0.15) is 24.0 Å². The van der Waals surface area contributed by atoms with Crippen molar-refractivity contribution in [3.05, 3.63) is 69.9 Å². The van der Waals surface area contributed by atoms with Gasteiger partial charge in [-0.1, -0.05) is 18.2 Å². The predicted octanol–water partition coefficient (Wildman–Crippen LogP) is 3.20. The van der Waals surface area contributed by atoms with Crippen LogP contribution in [0, 0.1) is 5.82 Å². The Bertz CT molecular complexity index is 1020. The molecule has 2 aromatic carbocycles. The third-order valence-corrected chi connectivity index (χ3v) is 5.55. The van der Waals surface area contributed by atoms with E-state index in [1.165, 1.54) is 12.1 Å². The van der Waals surface area contributed by atoms with E-state index in [2.05, 4.69) is 17.0 Å². The molecule has 5 nitrogen and oxygen atoms in total. The molecule has 0 bridgehead atoms. The van der Waals surface area contributed by atoms with E-state index in [-0.39, 0.29) is 17.6 Å². The third kappa shape index (κ3) is 3.88. The first-order chi connectivity index (χ1) is 13.5. The molecule has 0 amide bonds. The van der Waals surface area contributed by atoms with Crippen molar-refractivity contribution < 1.29 is 9.13 Å². The summed E-state index contributed by atoms with van der Waals surface area (Å²) in [6.07, 6.45) is 2.42. The molecule has 1 aromatic heterocycles. The van der Waals surface area contributed by atoms with Crippen molar-refractivity contribution in [2.45, 2.75) is 32.0 Å². The first-order valence-electron chi connectivity index (χ1n) is 9.74. The van der Waals surface area contributed by atoms with Crippen LogP contribution in [0.4, 0.5) is 4.39 Å². The van der Waals surface area contributed by atoms with Gasteiger partial charge in [-0.25, -0.2) is 9.18 Å². The average molecular weight is 383 g/mol. The maximum absolute atomic E-state index is 13.3. The van der Waals surface area contributed by atoms with Crippen LogP contribution in [0.2, 0.25) is 0 Å². The summed E-state index contributed by atoms with van der Waals surface area (Å²) in [4.78, 5) is 14.5. The summed E-state index contributed by atoms with van der Waals surface area (Å²) in [6.45, 7) is 3.14. The number of imidazole rings is 1. The second kappa shape index (κ2) is 7.89. The smallest absolute Gasteiger partial charge is 0.328 e. The van der Waals surface area contributed by atoms with Crippen LogP contribution in [0.25, 0.3) is 11.0 Å². The maximum Gasteiger partial charge on any atom is 0.328 e. The van der Waals surface area contributed by atoms with E-state index in [1.807, 2.05) is 18.2 Å². The van der Waals surface area contributed by atoms with E-state index >= 15 is 0 Å². The van der Waals surface area contributed by atoms with Gasteiger partial charge in [-0.2, -0.15) is 0 Å². The molecule has 0 spiro atoms. The van der Waals surface area contributed by atoms with Gasteiger partial charge in [0, 0.05) is 40.3 Å². The third-order valence-electron chi connectivity index (χ3n) is 5.55. The number of rotatable bonds is 6. The van der Waals surface area contributed by atoms with Gasteiger partial charge in [0.05, 0.1) is 17.1 Å². The second-order valence-electron chi connectivity index (χ2n) is 7.65. The number of aromatic nitrogens is 2. The highest BCUT2D eigenvalue weighted by Gasteiger charge is 2.20. The molecule has 3 aromatic rings. The van der Waals surface area contributed by atoms with Gasteiger partial charge < -0.3 is 4.74 Å². The number of benzene rings is 2. The Morgan fingerprint density at radius 3 is 2.43 bits per heavy atom. The standard InChI is InChI=1S/C22H26FN3O2/c1-24-20-10-7-17(12-21(20)25(2)22(24)27)14-26(15-19-4-3-11-28-19)13-16-5-8-18(23)9-6-16/h5-10,12,19H,3-4,11,13-15H2,1-2H3/t19-/m1/s1. The van der Waals surface area contributed by atoms with Gasteiger partial charge in [-0.05, 0) is 48.2 Å². The van der Waals surface area contributed by atoms with Gasteiger partial charge >= 0.3 is 5.69 Å². The zero-order chi connectivity index (χ0) is 19.7. The molecule has 0 N–H and O–H groups in total. The van der Waals surface area contributed by atoms with Crippen LogP contribution in [0.15, 0.2) is 47.3 Å². The summed E-state index contributed by atoms with van der Waals surface area (Å²) in [7, 11) is 3.60. The number of halogens is 1. The van der Waals surface area contributed by atoms with Crippen molar-refractivity contribution >= 4 is 11.0 Å². The molecule has 6 heteroatoms. The summed E-state index contributed by atoms with van der Waals surface area (Å²) in [5.41, 5.74) is 4.07. The fraction of sp³-hybridized carbons (Fsp3) is 0.409. The summed E-state index contributed by atoms with van der Waals surface area (Å²) >= 11 is 0. The summed E-state index contributed by atoms with van der Waals surface area (Å²) in [6, 6.07) is 12.9. The first-order valence-corrected chi connectivity index (χ1v) is 9.74. The minimum atomic E-state index is -0.218. The van der Waals surface area contributed by atoms with Gasteiger partial charge in [0.2, 0.25) is 0 Å². The van der Waals surface area contributed by atoms with E-state index in [0.29, 0.717) is 0 Å². The van der Waals surface area contributed by atoms with E-state index in [1.54, 1.807) is 23.2 Å². The van der Waals surface area contributed by atoms with Crippen molar-refractivity contribution in [1.82, 2.24) is 14.0 Å². The number of hydrogen-bond acceptors (Lipinski definition) is 3. The molecule has 0 radical (unpaired) electrons. The Balaban J connectivity index is 1.58. The lowest BCUT2D eigenvalue weighted by molar-refractivity contribution is 0.0679. The van der Waals surface area contributed by atoms with Crippen molar-refractivity contribution in [1.29, 1.82) is 0 Å². The lowest BCUT2D eigenvalue weighted by Crippen LogP contribution is -2.31. The van der Waals surface area contributed by atoms with E-state index in [9.17, 15) is 9.18 Å². The van der Waals surface area contributed by atoms with Gasteiger partial charge in [0.15, 0.2) is 0 Å². The van der Waals surface area contributed by atoms with E-state index in [4.69, 9.17) is 4.74 Å². The Labute approximate surface area is 163 Å². The van der Waals surface area contributed by atoms with Crippen LogP contribution >= 0.6 is 0 Å². The monoisotopic (exact) mass is 383 g/mol. The lowest BCUT2D eigenvalue weighted by Gasteiger charge is -2.25. The molecule has 1 aliphatic heterocycles. The van der Waals surface area contributed by atoms with Crippen LogP contribution in [0.5, 0.6) is 0 Å². The normalized spacial score (nSPS) is 17.1. The molecule has 0 unspecified atom stereocenters. The SMILES string of the molecule is Cn1c(=O)n(C)c2cc(CN(Cc3ccc(F)cc3)C[C@H]3CCCO3)ccc21. The number of hydrogen-bond donors (Lipinski definition) is 0. The summed E-state index contributed by atoms with van der Waals surface area (Å²) in [5.74, 6) is -0.218. The molecule has 1 aliphatic rings. The summed E-state index contributed by atoms with van der Waals surface area (Å²) in [5, 5.41) is 0. The number of aryl methyl sites for hydroxylation is 2. The molecule has 1 saturated heterocycles. The molecule has 4 rings (SSSR count). The Kier molecular flexibility index (Phi) is 5.33. The molecule has 0 saturated carbocycles. The van der Waals surface area contributed by atoms with Crippen molar-refractivity contribution in [3.8, 4) is 0 Å². The van der Waals surface area contributed by atoms with Crippen molar-refractivity contribution in [3.63, 3.8) is 0 Å². The fourth-order valence-corrected chi connectivity index (χ4v) is 4.02. The molecule has 0 aliphatic carbocycles. The van der Waals surface area contributed by atoms with Gasteiger partial charge in [0.1, 0.15) is 5.82 Å². The Morgan fingerprint density at radius 1 is 1.04 bits per heavy atom. The zero-order valence-electron chi connectivity index (χ0n) is 16.4. The molecule has 1 atom stereocenters. The fourth-order valence-electron chi connectivity index (χ4n) is 4.02. The molecule has 1 fully saturated rings. The molecule has 2 heterocycles. The lowest BCUT2D eigenvalue weighted by atomic mass is 10.1. The molecule has 148 valence electrons. The largest absolute Gasteiger partial charge is 0.377 e. The Hall–Kier alpha value is -2.44. The van der Waals surface area contributed by atoms with Crippen LogP contribution in [-0.4, -0.2) is 33.3 Å². The minimum absolute atomic E-state index is 0.0188. The van der Waals surface area contributed by atoms with Gasteiger partial charge in [-0.15, -0.1) is 0 Å². The van der Waals surface area contributed by atoms with E-state index < -0.39 is 0 Å². The second-order valence-corrected chi connectivity index (χ2v) is 7.65. The topological polar surface area (TPSA) is 39.4 Å². The molecular weight excluding hydrogens is 357 g/mol. The number of nitrogens with zero attached hydrogens (tertiary/aromatic N) is 3. The molecule has 28 heavy (non-hydrogen) atoms. The number of fused-ring (bicyclic) bond motifs is 1. The minimum Gasteiger partial charge on any atom is -0.377 e. The van der Waals surface area contributed by atoms with Gasteiger partial charge in [-0.3, -0.25) is 14.0 Å².